The first kappa shape index (κ1) is 14.9. The molecule has 0 bridgehead atoms. The minimum atomic E-state index is -1.37. The summed E-state index contributed by atoms with van der Waals surface area (Å²) in [7, 11) is 0. The van der Waals surface area contributed by atoms with Gasteiger partial charge in [-0.05, 0) is 31.0 Å². The Morgan fingerprint density at radius 1 is 1.11 bits per heavy atom. The summed E-state index contributed by atoms with van der Waals surface area (Å²) in [5.41, 5.74) is 3.00. The second-order valence-electron chi connectivity index (χ2n) is 4.51. The van der Waals surface area contributed by atoms with E-state index in [2.05, 4.69) is 5.32 Å². The minimum absolute atomic E-state index is 0.0997. The second kappa shape index (κ2) is 6.70. The van der Waals surface area contributed by atoms with Crippen molar-refractivity contribution < 1.29 is 20.4 Å². The third-order valence-corrected chi connectivity index (χ3v) is 2.87. The number of hydrogen-bond acceptors (Lipinski definition) is 5. The number of anilines is 1. The summed E-state index contributed by atoms with van der Waals surface area (Å²) < 4.78 is 0. The van der Waals surface area contributed by atoms with Crippen molar-refractivity contribution in [2.75, 3.05) is 18.5 Å². The van der Waals surface area contributed by atoms with Crippen LogP contribution in [-0.4, -0.2) is 51.9 Å². The van der Waals surface area contributed by atoms with E-state index in [1.54, 1.807) is 0 Å². The highest BCUT2D eigenvalue weighted by atomic mass is 16.4. The molecule has 102 valence electrons. The van der Waals surface area contributed by atoms with Crippen LogP contribution in [0, 0.1) is 13.8 Å². The maximum absolute atomic E-state index is 9.66. The van der Waals surface area contributed by atoms with E-state index in [1.165, 1.54) is 0 Å². The summed E-state index contributed by atoms with van der Waals surface area (Å²) in [5, 5.41) is 40.0. The van der Waals surface area contributed by atoms with Gasteiger partial charge in [0.2, 0.25) is 0 Å². The van der Waals surface area contributed by atoms with Crippen LogP contribution >= 0.6 is 0 Å². The van der Waals surface area contributed by atoms with E-state index in [-0.39, 0.29) is 6.54 Å². The molecule has 0 aliphatic heterocycles. The highest BCUT2D eigenvalue weighted by molar-refractivity contribution is 5.52. The molecule has 5 N–H and O–H groups in total. The van der Waals surface area contributed by atoms with Crippen LogP contribution < -0.4 is 5.32 Å². The predicted molar refractivity (Wildman–Crippen MR) is 69.5 cm³/mol. The molecule has 0 aromatic heterocycles. The molecule has 1 rings (SSSR count). The molecule has 1 aromatic rings. The van der Waals surface area contributed by atoms with Crippen molar-refractivity contribution in [3.63, 3.8) is 0 Å². The van der Waals surface area contributed by atoms with Crippen molar-refractivity contribution in [2.24, 2.45) is 0 Å². The van der Waals surface area contributed by atoms with Gasteiger partial charge >= 0.3 is 0 Å². The molecule has 0 spiro atoms. The maximum Gasteiger partial charge on any atom is 0.110 e. The lowest BCUT2D eigenvalue weighted by molar-refractivity contribution is -0.0715. The maximum atomic E-state index is 9.66. The van der Waals surface area contributed by atoms with Gasteiger partial charge in [0.1, 0.15) is 12.2 Å². The molecule has 0 saturated heterocycles. The largest absolute Gasteiger partial charge is 0.394 e. The highest BCUT2D eigenvalue weighted by Gasteiger charge is 2.23. The van der Waals surface area contributed by atoms with Gasteiger partial charge in [-0.1, -0.05) is 12.1 Å². The summed E-state index contributed by atoms with van der Waals surface area (Å²) in [6.07, 6.45) is -3.85. The number of aliphatic hydroxyl groups excluding tert-OH is 4. The number of hydrogen-bond donors (Lipinski definition) is 5. The summed E-state index contributed by atoms with van der Waals surface area (Å²) >= 11 is 0. The van der Waals surface area contributed by atoms with Crippen LogP contribution in [0.1, 0.15) is 11.1 Å². The summed E-state index contributed by atoms with van der Waals surface area (Å²) in [6.45, 7) is 3.42. The topological polar surface area (TPSA) is 93.0 Å². The number of aryl methyl sites for hydroxylation is 2. The van der Waals surface area contributed by atoms with Crippen LogP contribution in [0.3, 0.4) is 0 Å². The molecule has 0 radical (unpaired) electrons. The van der Waals surface area contributed by atoms with Gasteiger partial charge in [0.05, 0.1) is 12.7 Å². The fourth-order valence-corrected chi connectivity index (χ4v) is 1.63. The Balaban J connectivity index is 2.57. The first-order valence-electron chi connectivity index (χ1n) is 5.92. The van der Waals surface area contributed by atoms with Crippen LogP contribution in [0.2, 0.25) is 0 Å². The van der Waals surface area contributed by atoms with Crippen LogP contribution in [0.4, 0.5) is 5.69 Å². The molecule has 5 nitrogen and oxygen atoms in total. The van der Waals surface area contributed by atoms with Gasteiger partial charge in [-0.15, -0.1) is 0 Å². The SMILES string of the molecule is Cc1ccc(C)c(NC[C@H](O)[C@H](O)[C@H](O)CO)c1. The van der Waals surface area contributed by atoms with Crippen LogP contribution in [0.15, 0.2) is 18.2 Å². The molecular formula is C13H21NO4. The normalized spacial score (nSPS) is 16.1. The Bertz CT molecular complexity index is 383. The molecular weight excluding hydrogens is 234 g/mol. The first-order chi connectivity index (χ1) is 8.45. The Labute approximate surface area is 107 Å². The number of benzene rings is 1. The van der Waals surface area contributed by atoms with Crippen LogP contribution in [0.25, 0.3) is 0 Å². The van der Waals surface area contributed by atoms with Crippen molar-refractivity contribution in [1.82, 2.24) is 0 Å². The zero-order valence-electron chi connectivity index (χ0n) is 10.7. The lowest BCUT2D eigenvalue weighted by atomic mass is 10.1. The van der Waals surface area contributed by atoms with E-state index in [9.17, 15) is 15.3 Å². The average Bonchev–Trinajstić information content (AvgIpc) is 2.37. The predicted octanol–water partition coefficient (Wildman–Crippen LogP) is -0.210. The molecule has 0 unspecified atom stereocenters. The molecule has 0 saturated carbocycles. The zero-order chi connectivity index (χ0) is 13.7. The molecule has 0 heterocycles. The molecule has 0 aliphatic rings. The molecule has 0 fully saturated rings. The molecule has 5 heteroatoms. The lowest BCUT2D eigenvalue weighted by Crippen LogP contribution is -2.42. The van der Waals surface area contributed by atoms with Gasteiger partial charge in [-0.3, -0.25) is 0 Å². The van der Waals surface area contributed by atoms with E-state index in [0.717, 1.165) is 16.8 Å². The summed E-state index contributed by atoms with van der Waals surface area (Å²) in [4.78, 5) is 0. The first-order valence-corrected chi connectivity index (χ1v) is 5.92. The highest BCUT2D eigenvalue weighted by Crippen LogP contribution is 2.16. The Kier molecular flexibility index (Phi) is 5.55. The summed E-state index contributed by atoms with van der Waals surface area (Å²) in [6, 6.07) is 5.89. The van der Waals surface area contributed by atoms with E-state index in [4.69, 9.17) is 5.11 Å². The fourth-order valence-electron chi connectivity index (χ4n) is 1.63. The van der Waals surface area contributed by atoms with Crippen molar-refractivity contribution in [3.05, 3.63) is 29.3 Å². The van der Waals surface area contributed by atoms with Gasteiger partial charge in [-0.25, -0.2) is 0 Å². The quantitative estimate of drug-likeness (QED) is 0.485. The summed E-state index contributed by atoms with van der Waals surface area (Å²) in [5.74, 6) is 0. The Morgan fingerprint density at radius 2 is 1.78 bits per heavy atom. The van der Waals surface area contributed by atoms with Gasteiger partial charge in [0.15, 0.2) is 0 Å². The van der Waals surface area contributed by atoms with E-state index in [0.29, 0.717) is 0 Å². The van der Waals surface area contributed by atoms with Crippen LogP contribution in [0.5, 0.6) is 0 Å². The number of aliphatic hydroxyl groups is 4. The smallest absolute Gasteiger partial charge is 0.110 e. The minimum Gasteiger partial charge on any atom is -0.394 e. The molecule has 18 heavy (non-hydrogen) atoms. The van der Waals surface area contributed by atoms with E-state index in [1.807, 2.05) is 32.0 Å². The van der Waals surface area contributed by atoms with E-state index < -0.39 is 24.9 Å². The number of nitrogens with one attached hydrogen (secondary N) is 1. The van der Waals surface area contributed by atoms with E-state index >= 15 is 0 Å². The monoisotopic (exact) mass is 255 g/mol. The Hall–Kier alpha value is -1.14. The molecule has 1 aromatic carbocycles. The molecule has 0 aliphatic carbocycles. The van der Waals surface area contributed by atoms with Crippen LogP contribution in [-0.2, 0) is 0 Å². The fraction of sp³-hybridized carbons (Fsp3) is 0.538. The van der Waals surface area contributed by atoms with Crippen molar-refractivity contribution >= 4 is 5.69 Å². The van der Waals surface area contributed by atoms with Gasteiger partial charge in [0.25, 0.3) is 0 Å². The van der Waals surface area contributed by atoms with Gasteiger partial charge in [0, 0.05) is 12.2 Å². The zero-order valence-corrected chi connectivity index (χ0v) is 10.7. The number of rotatable bonds is 6. The standard InChI is InChI=1S/C13H21NO4/c1-8-3-4-9(2)10(5-8)14-6-11(16)13(18)12(17)7-15/h3-5,11-18H,6-7H2,1-2H3/t11-,12+,13-/m0/s1. The van der Waals surface area contributed by atoms with Gasteiger partial charge < -0.3 is 25.7 Å². The average molecular weight is 255 g/mol. The van der Waals surface area contributed by atoms with Gasteiger partial charge in [-0.2, -0.15) is 0 Å². The Morgan fingerprint density at radius 3 is 2.39 bits per heavy atom. The van der Waals surface area contributed by atoms with Crippen molar-refractivity contribution in [3.8, 4) is 0 Å². The lowest BCUT2D eigenvalue weighted by Gasteiger charge is -2.22. The third kappa shape index (κ3) is 3.96. The molecule has 3 atom stereocenters. The third-order valence-electron chi connectivity index (χ3n) is 2.87. The second-order valence-corrected chi connectivity index (χ2v) is 4.51. The van der Waals surface area contributed by atoms with Crippen molar-refractivity contribution in [1.29, 1.82) is 0 Å². The molecule has 0 amide bonds. The van der Waals surface area contributed by atoms with Crippen molar-refractivity contribution in [2.45, 2.75) is 32.2 Å².